The minimum absolute atomic E-state index is 0.0110. The minimum Gasteiger partial charge on any atom is -0.337 e. The number of hydrogen-bond acceptors (Lipinski definition) is 5. The first-order valence-corrected chi connectivity index (χ1v) is 10.3. The number of nitro groups is 1. The maximum Gasteiger partial charge on any atom is 0.270 e. The molecule has 0 bridgehead atoms. The molecule has 1 N–H and O–H groups in total. The Bertz CT molecular complexity index is 968. The highest BCUT2D eigenvalue weighted by Crippen LogP contribution is 2.20. The Morgan fingerprint density at radius 2 is 1.93 bits per heavy atom. The van der Waals surface area contributed by atoms with Crippen LogP contribution >= 0.6 is 11.8 Å². The fourth-order valence-electron chi connectivity index (χ4n) is 2.97. The van der Waals surface area contributed by atoms with E-state index in [1.165, 1.54) is 24.3 Å². The molecule has 1 aliphatic heterocycles. The first-order valence-electron chi connectivity index (χ1n) is 9.15. The van der Waals surface area contributed by atoms with Crippen molar-refractivity contribution in [1.29, 1.82) is 0 Å². The number of nitro benzene ring substituents is 1. The second-order valence-electron chi connectivity index (χ2n) is 6.61. The van der Waals surface area contributed by atoms with Gasteiger partial charge in [0.2, 0.25) is 5.91 Å². The van der Waals surface area contributed by atoms with Gasteiger partial charge in [0.05, 0.1) is 4.92 Å². The van der Waals surface area contributed by atoms with E-state index in [0.29, 0.717) is 16.8 Å². The van der Waals surface area contributed by atoms with Crippen molar-refractivity contribution < 1.29 is 14.5 Å². The van der Waals surface area contributed by atoms with Crippen LogP contribution in [0, 0.1) is 17.0 Å². The van der Waals surface area contributed by atoms with E-state index in [9.17, 15) is 19.7 Å². The van der Waals surface area contributed by atoms with Crippen LogP contribution in [0.5, 0.6) is 0 Å². The summed E-state index contributed by atoms with van der Waals surface area (Å²) in [4.78, 5) is 37.0. The van der Waals surface area contributed by atoms with Crippen molar-refractivity contribution >= 4 is 41.0 Å². The lowest BCUT2D eigenvalue weighted by Crippen LogP contribution is -2.37. The topological polar surface area (TPSA) is 92.6 Å². The van der Waals surface area contributed by atoms with Crippen LogP contribution in [0.3, 0.4) is 0 Å². The van der Waals surface area contributed by atoms with Crippen LogP contribution in [0.15, 0.2) is 48.5 Å². The van der Waals surface area contributed by atoms with Crippen LogP contribution in [-0.2, 0) is 4.79 Å². The van der Waals surface area contributed by atoms with Gasteiger partial charge in [0, 0.05) is 54.1 Å². The third-order valence-corrected chi connectivity index (χ3v) is 5.48. The highest BCUT2D eigenvalue weighted by Gasteiger charge is 2.19. The number of benzene rings is 2. The van der Waals surface area contributed by atoms with E-state index in [4.69, 9.17) is 0 Å². The Morgan fingerprint density at radius 1 is 1.17 bits per heavy atom. The number of hydrogen-bond donors (Lipinski definition) is 1. The fraction of sp³-hybridized carbons (Fsp3) is 0.238. The summed E-state index contributed by atoms with van der Waals surface area (Å²) in [5.41, 5.74) is 2.55. The van der Waals surface area contributed by atoms with Gasteiger partial charge in [-0.25, -0.2) is 0 Å². The maximum absolute atomic E-state index is 12.6. The van der Waals surface area contributed by atoms with E-state index in [1.807, 2.05) is 23.6 Å². The lowest BCUT2D eigenvalue weighted by molar-refractivity contribution is -0.384. The van der Waals surface area contributed by atoms with Crippen molar-refractivity contribution in [3.8, 4) is 0 Å². The van der Waals surface area contributed by atoms with Crippen molar-refractivity contribution in [2.45, 2.75) is 6.92 Å². The third-order valence-electron chi connectivity index (χ3n) is 4.54. The molecule has 0 aromatic heterocycles. The second-order valence-corrected chi connectivity index (χ2v) is 7.83. The van der Waals surface area contributed by atoms with Crippen molar-refractivity contribution in [3.05, 3.63) is 75.3 Å². The molecule has 0 aliphatic carbocycles. The molecule has 7 nitrogen and oxygen atoms in total. The number of nitrogens with one attached hydrogen (secondary N) is 1. The summed E-state index contributed by atoms with van der Waals surface area (Å²) in [5, 5.41) is 13.6. The molecule has 0 spiro atoms. The second kappa shape index (κ2) is 9.38. The van der Waals surface area contributed by atoms with E-state index in [1.54, 1.807) is 30.3 Å². The number of carbonyl (C=O) groups is 2. The lowest BCUT2D eigenvalue weighted by atomic mass is 10.1. The lowest BCUT2D eigenvalue weighted by Gasteiger charge is -2.26. The molecular formula is C21H21N3O4S. The number of thioether (sulfide) groups is 1. The Labute approximate surface area is 172 Å². The quantitative estimate of drug-likeness (QED) is 0.460. The predicted molar refractivity (Wildman–Crippen MR) is 115 cm³/mol. The number of non-ortho nitro benzene ring substituents is 1. The van der Waals surface area contributed by atoms with E-state index in [2.05, 4.69) is 5.32 Å². The molecular weight excluding hydrogens is 390 g/mol. The van der Waals surface area contributed by atoms with E-state index in [-0.39, 0.29) is 17.5 Å². The first-order chi connectivity index (χ1) is 13.9. The summed E-state index contributed by atoms with van der Waals surface area (Å²) in [6, 6.07) is 11.3. The summed E-state index contributed by atoms with van der Waals surface area (Å²) in [7, 11) is 0. The molecule has 0 saturated carbocycles. The average molecular weight is 411 g/mol. The Hall–Kier alpha value is -3.13. The van der Waals surface area contributed by atoms with Crippen LogP contribution in [-0.4, -0.2) is 46.2 Å². The fourth-order valence-corrected chi connectivity index (χ4v) is 3.88. The smallest absolute Gasteiger partial charge is 0.270 e. The predicted octanol–water partition coefficient (Wildman–Crippen LogP) is 3.74. The maximum atomic E-state index is 12.6. The van der Waals surface area contributed by atoms with E-state index < -0.39 is 4.92 Å². The van der Waals surface area contributed by atoms with Gasteiger partial charge in [-0.2, -0.15) is 11.8 Å². The van der Waals surface area contributed by atoms with Crippen molar-refractivity contribution in [3.63, 3.8) is 0 Å². The highest BCUT2D eigenvalue weighted by molar-refractivity contribution is 7.99. The molecule has 150 valence electrons. The summed E-state index contributed by atoms with van der Waals surface area (Å²) in [6.45, 7) is 3.34. The zero-order chi connectivity index (χ0) is 20.8. The number of amides is 2. The normalized spacial score (nSPS) is 14.0. The van der Waals surface area contributed by atoms with Gasteiger partial charge in [0.15, 0.2) is 0 Å². The van der Waals surface area contributed by atoms with Crippen molar-refractivity contribution in [1.82, 2.24) is 4.90 Å². The van der Waals surface area contributed by atoms with Gasteiger partial charge in [-0.15, -0.1) is 0 Å². The summed E-state index contributed by atoms with van der Waals surface area (Å²) in [5.74, 6) is 1.56. The van der Waals surface area contributed by atoms with Crippen molar-refractivity contribution in [2.24, 2.45) is 0 Å². The summed E-state index contributed by atoms with van der Waals surface area (Å²) in [6.07, 6.45) is 2.84. The number of aryl methyl sites for hydroxylation is 1. The van der Waals surface area contributed by atoms with Crippen LogP contribution < -0.4 is 5.32 Å². The Balaban J connectivity index is 1.65. The van der Waals surface area contributed by atoms with Crippen molar-refractivity contribution in [2.75, 3.05) is 29.9 Å². The molecule has 1 saturated heterocycles. The van der Waals surface area contributed by atoms with Gasteiger partial charge in [-0.3, -0.25) is 19.7 Å². The van der Waals surface area contributed by atoms with Crippen LogP contribution in [0.1, 0.15) is 21.5 Å². The molecule has 1 fully saturated rings. The Kier molecular flexibility index (Phi) is 6.66. The molecule has 29 heavy (non-hydrogen) atoms. The molecule has 0 atom stereocenters. The van der Waals surface area contributed by atoms with Crippen LogP contribution in [0.4, 0.5) is 11.4 Å². The summed E-state index contributed by atoms with van der Waals surface area (Å²) >= 11 is 1.85. The van der Waals surface area contributed by atoms with Gasteiger partial charge in [0.1, 0.15) is 0 Å². The van der Waals surface area contributed by atoms with Crippen LogP contribution in [0.2, 0.25) is 0 Å². The standard InChI is InChI=1S/C21H21N3O4S/c1-15-13-17(21(26)23-9-11-29-12-10-23)6-7-19(15)22-20(25)8-5-16-3-2-4-18(14-16)24(27)28/h2-8,13-14H,9-12H2,1H3,(H,22,25)/b8-5+. The molecule has 8 heteroatoms. The molecule has 0 radical (unpaired) electrons. The van der Waals surface area contributed by atoms with Crippen LogP contribution in [0.25, 0.3) is 6.08 Å². The molecule has 2 aromatic carbocycles. The molecule has 0 unspecified atom stereocenters. The molecule has 2 amide bonds. The van der Waals surface area contributed by atoms with Gasteiger partial charge >= 0.3 is 0 Å². The number of anilines is 1. The minimum atomic E-state index is -0.480. The molecule has 1 heterocycles. The number of rotatable bonds is 5. The van der Waals surface area contributed by atoms with Gasteiger partial charge in [0.25, 0.3) is 11.6 Å². The zero-order valence-corrected chi connectivity index (χ0v) is 16.8. The average Bonchev–Trinajstić information content (AvgIpc) is 2.74. The van der Waals surface area contributed by atoms with E-state index in [0.717, 1.165) is 30.2 Å². The Morgan fingerprint density at radius 3 is 2.62 bits per heavy atom. The first kappa shape index (κ1) is 20.6. The number of nitrogens with zero attached hydrogens (tertiary/aromatic N) is 2. The van der Waals surface area contributed by atoms with Gasteiger partial charge in [-0.05, 0) is 42.3 Å². The summed E-state index contributed by atoms with van der Waals surface area (Å²) < 4.78 is 0. The van der Waals surface area contributed by atoms with Gasteiger partial charge < -0.3 is 10.2 Å². The molecule has 1 aliphatic rings. The zero-order valence-electron chi connectivity index (χ0n) is 16.0. The highest BCUT2D eigenvalue weighted by atomic mass is 32.2. The SMILES string of the molecule is Cc1cc(C(=O)N2CCSCC2)ccc1NC(=O)/C=C/c1cccc([N+](=O)[O-])c1. The monoisotopic (exact) mass is 411 g/mol. The number of carbonyl (C=O) groups excluding carboxylic acids is 2. The molecule has 3 rings (SSSR count). The van der Waals surface area contributed by atoms with Gasteiger partial charge in [-0.1, -0.05) is 12.1 Å². The van der Waals surface area contributed by atoms with E-state index >= 15 is 0 Å². The largest absolute Gasteiger partial charge is 0.337 e. The molecule has 2 aromatic rings. The third kappa shape index (κ3) is 5.45.